The molecule has 1 saturated heterocycles. The number of nitrogens with one attached hydrogen (secondary N) is 2. The molecular formula is C17H23N3O3. The summed E-state index contributed by atoms with van der Waals surface area (Å²) in [4.78, 5) is 26.2. The molecule has 1 aliphatic rings. The largest absolute Gasteiger partial charge is 0.462 e. The number of hydrogen-bond donors (Lipinski definition) is 2. The Morgan fingerprint density at radius 2 is 1.87 bits per heavy atom. The van der Waals surface area contributed by atoms with Crippen LogP contribution in [0.4, 0.5) is 10.5 Å². The Morgan fingerprint density at radius 3 is 2.39 bits per heavy atom. The van der Waals surface area contributed by atoms with Gasteiger partial charge < -0.3 is 20.3 Å². The molecule has 1 aliphatic heterocycles. The van der Waals surface area contributed by atoms with Crippen LogP contribution in [0.25, 0.3) is 0 Å². The summed E-state index contributed by atoms with van der Waals surface area (Å²) >= 11 is 0. The molecule has 2 N–H and O–H groups in total. The number of benzene rings is 1. The van der Waals surface area contributed by atoms with Crippen LogP contribution in [0.5, 0.6) is 0 Å². The maximum atomic E-state index is 12.4. The topological polar surface area (TPSA) is 70.7 Å². The Labute approximate surface area is 136 Å². The van der Waals surface area contributed by atoms with Crippen LogP contribution in [0.3, 0.4) is 0 Å². The van der Waals surface area contributed by atoms with Crippen molar-refractivity contribution in [1.29, 1.82) is 0 Å². The van der Waals surface area contributed by atoms with Gasteiger partial charge in [0.15, 0.2) is 0 Å². The summed E-state index contributed by atoms with van der Waals surface area (Å²) in [6.45, 7) is 7.39. The molecule has 0 bridgehead atoms. The monoisotopic (exact) mass is 317 g/mol. The molecule has 2 rings (SSSR count). The van der Waals surface area contributed by atoms with E-state index in [4.69, 9.17) is 4.74 Å². The van der Waals surface area contributed by atoms with Crippen LogP contribution >= 0.6 is 0 Å². The van der Waals surface area contributed by atoms with Gasteiger partial charge in [0.2, 0.25) is 0 Å². The third-order valence-corrected chi connectivity index (χ3v) is 3.64. The minimum atomic E-state index is -0.666. The lowest BCUT2D eigenvalue weighted by Gasteiger charge is -2.33. The second-order valence-electron chi connectivity index (χ2n) is 6.05. The van der Waals surface area contributed by atoms with Gasteiger partial charge in [-0.3, -0.25) is 4.79 Å². The van der Waals surface area contributed by atoms with E-state index in [1.807, 2.05) is 43.3 Å². The smallest absolute Gasteiger partial charge is 0.319 e. The highest BCUT2D eigenvalue weighted by Gasteiger charge is 2.39. The fraction of sp³-hybridized carbons (Fsp3) is 0.412. The second-order valence-corrected chi connectivity index (χ2v) is 6.05. The van der Waals surface area contributed by atoms with E-state index in [9.17, 15) is 9.59 Å². The summed E-state index contributed by atoms with van der Waals surface area (Å²) in [6, 6.07) is 6.81. The molecule has 124 valence electrons. The maximum absolute atomic E-state index is 12.4. The first-order chi connectivity index (χ1) is 10.8. The third kappa shape index (κ3) is 3.83. The first kappa shape index (κ1) is 16.9. The highest BCUT2D eigenvalue weighted by molar-refractivity contribution is 5.85. The third-order valence-electron chi connectivity index (χ3n) is 3.64. The van der Waals surface area contributed by atoms with Gasteiger partial charge in [-0.05, 0) is 31.5 Å². The molecule has 6 nitrogen and oxygen atoms in total. The number of amides is 2. The molecule has 1 aromatic rings. The van der Waals surface area contributed by atoms with Crippen molar-refractivity contribution >= 4 is 17.7 Å². The Morgan fingerprint density at radius 1 is 1.26 bits per heavy atom. The van der Waals surface area contributed by atoms with Crippen molar-refractivity contribution < 1.29 is 14.3 Å². The molecule has 0 radical (unpaired) electrons. The number of rotatable bonds is 4. The minimum Gasteiger partial charge on any atom is -0.462 e. The van der Waals surface area contributed by atoms with Gasteiger partial charge in [-0.1, -0.05) is 18.7 Å². The van der Waals surface area contributed by atoms with Crippen LogP contribution in [0, 0.1) is 5.92 Å². The van der Waals surface area contributed by atoms with Gasteiger partial charge in [-0.15, -0.1) is 0 Å². The number of urea groups is 1. The number of carbonyl (C=O) groups excluding carboxylic acids is 2. The average molecular weight is 317 g/mol. The first-order valence-corrected chi connectivity index (χ1v) is 7.53. The van der Waals surface area contributed by atoms with E-state index in [0.717, 1.165) is 11.3 Å². The van der Waals surface area contributed by atoms with E-state index >= 15 is 0 Å². The van der Waals surface area contributed by atoms with E-state index in [-0.39, 0.29) is 12.1 Å². The number of carbonyl (C=O) groups is 2. The summed E-state index contributed by atoms with van der Waals surface area (Å²) in [5.41, 5.74) is 2.22. The lowest BCUT2D eigenvalue weighted by molar-refractivity contribution is -0.152. The lowest BCUT2D eigenvalue weighted by atomic mass is 9.89. The molecule has 0 aliphatic carbocycles. The van der Waals surface area contributed by atoms with Crippen LogP contribution in [-0.2, 0) is 9.53 Å². The van der Waals surface area contributed by atoms with Crippen molar-refractivity contribution in [2.75, 3.05) is 19.0 Å². The Hall–Kier alpha value is -2.50. The fourth-order valence-electron chi connectivity index (χ4n) is 2.52. The predicted octanol–water partition coefficient (Wildman–Crippen LogP) is 2.19. The molecule has 0 saturated carbocycles. The summed E-state index contributed by atoms with van der Waals surface area (Å²) in [7, 11) is 3.90. The SMILES string of the molecule is C=C1NC(=O)NC(c2ccc(N(C)C)cc2)C1C(=O)OC(C)C. The van der Waals surface area contributed by atoms with E-state index in [1.54, 1.807) is 13.8 Å². The lowest BCUT2D eigenvalue weighted by Crippen LogP contribution is -2.51. The molecule has 0 spiro atoms. The summed E-state index contributed by atoms with van der Waals surface area (Å²) in [5, 5.41) is 5.35. The van der Waals surface area contributed by atoms with E-state index in [2.05, 4.69) is 17.2 Å². The number of esters is 1. The summed E-state index contributed by atoms with van der Waals surface area (Å²) in [6.07, 6.45) is -0.232. The van der Waals surface area contributed by atoms with Gasteiger partial charge in [0, 0.05) is 25.5 Å². The first-order valence-electron chi connectivity index (χ1n) is 7.53. The number of hydrogen-bond acceptors (Lipinski definition) is 4. The molecule has 6 heteroatoms. The predicted molar refractivity (Wildman–Crippen MR) is 89.0 cm³/mol. The number of anilines is 1. The van der Waals surface area contributed by atoms with Crippen molar-refractivity contribution in [1.82, 2.24) is 10.6 Å². The Kier molecular flexibility index (Phi) is 4.93. The Balaban J connectivity index is 2.32. The quantitative estimate of drug-likeness (QED) is 0.835. The molecule has 1 fully saturated rings. The van der Waals surface area contributed by atoms with Gasteiger partial charge in [0.25, 0.3) is 0 Å². The molecule has 23 heavy (non-hydrogen) atoms. The summed E-state index contributed by atoms with van der Waals surface area (Å²) in [5.74, 6) is -1.07. The second kappa shape index (κ2) is 6.73. The van der Waals surface area contributed by atoms with Gasteiger partial charge in [0.05, 0.1) is 12.1 Å². The molecule has 1 aromatic carbocycles. The van der Waals surface area contributed by atoms with Crippen molar-refractivity contribution in [2.24, 2.45) is 5.92 Å². The van der Waals surface area contributed by atoms with E-state index in [1.165, 1.54) is 0 Å². The Bertz CT molecular complexity index is 608. The molecule has 2 atom stereocenters. The zero-order valence-corrected chi connectivity index (χ0v) is 13.9. The van der Waals surface area contributed by atoms with Gasteiger partial charge in [0.1, 0.15) is 5.92 Å². The zero-order chi connectivity index (χ0) is 17.1. The molecular weight excluding hydrogens is 294 g/mol. The average Bonchev–Trinajstić information content (AvgIpc) is 2.45. The molecule has 0 aromatic heterocycles. The molecule has 1 heterocycles. The van der Waals surface area contributed by atoms with Crippen molar-refractivity contribution in [3.8, 4) is 0 Å². The van der Waals surface area contributed by atoms with E-state index in [0.29, 0.717) is 5.70 Å². The van der Waals surface area contributed by atoms with Gasteiger partial charge in [-0.2, -0.15) is 0 Å². The highest BCUT2D eigenvalue weighted by Crippen LogP contribution is 2.31. The van der Waals surface area contributed by atoms with Crippen LogP contribution in [-0.4, -0.2) is 32.2 Å². The molecule has 2 amide bonds. The fourth-order valence-corrected chi connectivity index (χ4v) is 2.52. The summed E-state index contributed by atoms with van der Waals surface area (Å²) < 4.78 is 5.31. The van der Waals surface area contributed by atoms with Crippen LogP contribution in [0.15, 0.2) is 36.5 Å². The van der Waals surface area contributed by atoms with Crippen molar-refractivity contribution in [2.45, 2.75) is 26.0 Å². The van der Waals surface area contributed by atoms with Gasteiger partial charge >= 0.3 is 12.0 Å². The van der Waals surface area contributed by atoms with E-state index < -0.39 is 17.9 Å². The number of nitrogens with zero attached hydrogens (tertiary/aromatic N) is 1. The molecule has 2 unspecified atom stereocenters. The van der Waals surface area contributed by atoms with Crippen LogP contribution in [0.1, 0.15) is 25.5 Å². The van der Waals surface area contributed by atoms with Crippen LogP contribution in [0.2, 0.25) is 0 Å². The highest BCUT2D eigenvalue weighted by atomic mass is 16.5. The van der Waals surface area contributed by atoms with Gasteiger partial charge in [-0.25, -0.2) is 4.79 Å². The standard InChI is InChI=1S/C17H23N3O3/c1-10(2)23-16(21)14-11(3)18-17(22)19-15(14)12-6-8-13(9-7-12)20(4)5/h6-10,14-15H,3H2,1-2,4-5H3,(H2,18,19,22). The van der Waals surface area contributed by atoms with Crippen molar-refractivity contribution in [3.05, 3.63) is 42.1 Å². The van der Waals surface area contributed by atoms with Crippen molar-refractivity contribution in [3.63, 3.8) is 0 Å². The number of ether oxygens (including phenoxy) is 1. The van der Waals surface area contributed by atoms with Crippen LogP contribution < -0.4 is 15.5 Å². The normalized spacial score (nSPS) is 20.7. The minimum absolute atomic E-state index is 0.232. The maximum Gasteiger partial charge on any atom is 0.319 e. The zero-order valence-electron chi connectivity index (χ0n) is 13.9.